The minimum absolute atomic E-state index is 0.0382. The van der Waals surface area contributed by atoms with Crippen LogP contribution < -0.4 is 25.1 Å². The number of halogens is 1. The number of aromatic nitrogens is 4. The van der Waals surface area contributed by atoms with Crippen LogP contribution in [0.2, 0.25) is 5.02 Å². The van der Waals surface area contributed by atoms with Crippen LogP contribution in [0.1, 0.15) is 0 Å². The summed E-state index contributed by atoms with van der Waals surface area (Å²) in [6.45, 7) is 0.154. The Kier molecular flexibility index (Phi) is 5.56. The van der Waals surface area contributed by atoms with Gasteiger partial charge in [0.25, 0.3) is 5.56 Å². The van der Waals surface area contributed by atoms with Crippen molar-refractivity contribution in [3.63, 3.8) is 0 Å². The molecule has 1 aliphatic heterocycles. The zero-order valence-electron chi connectivity index (χ0n) is 17.1. The molecule has 0 bridgehead atoms. The maximum Gasteiger partial charge on any atom is 0.266 e. The number of anilines is 1. The molecule has 10 nitrogen and oxygen atoms in total. The Morgan fingerprint density at radius 3 is 2.88 bits per heavy atom. The van der Waals surface area contributed by atoms with Crippen molar-refractivity contribution < 1.29 is 19.0 Å². The normalized spacial score (nSPS) is 12.2. The molecule has 0 radical (unpaired) electrons. The number of nitrogens with zero attached hydrogens (tertiary/aromatic N) is 3. The molecule has 1 amide bonds. The third-order valence-corrected chi connectivity index (χ3v) is 5.96. The molecule has 12 heteroatoms. The Hall–Kier alpha value is -3.70. The fraction of sp³-hybridized carbons (Fsp3) is 0.143. The predicted octanol–water partition coefficient (Wildman–Crippen LogP) is 3.21. The van der Waals surface area contributed by atoms with Crippen molar-refractivity contribution >= 4 is 40.6 Å². The minimum Gasteiger partial charge on any atom is -0.495 e. The van der Waals surface area contributed by atoms with E-state index in [1.165, 1.54) is 17.7 Å². The van der Waals surface area contributed by atoms with Crippen LogP contribution in [0, 0.1) is 0 Å². The van der Waals surface area contributed by atoms with Crippen LogP contribution in [0.25, 0.3) is 17.0 Å². The number of thioether (sulfide) groups is 1. The number of rotatable bonds is 6. The lowest BCUT2D eigenvalue weighted by Gasteiger charge is -2.09. The molecule has 0 saturated heterocycles. The van der Waals surface area contributed by atoms with Gasteiger partial charge in [0.2, 0.25) is 12.7 Å². The van der Waals surface area contributed by atoms with Crippen molar-refractivity contribution in [1.82, 2.24) is 19.6 Å². The summed E-state index contributed by atoms with van der Waals surface area (Å²) in [5.74, 6) is 1.90. The van der Waals surface area contributed by atoms with Crippen molar-refractivity contribution in [2.24, 2.45) is 0 Å². The molecule has 0 aliphatic carbocycles. The van der Waals surface area contributed by atoms with Gasteiger partial charge in [-0.25, -0.2) is 14.5 Å². The first-order valence-corrected chi connectivity index (χ1v) is 11.0. The summed E-state index contributed by atoms with van der Waals surface area (Å²) in [6, 6.07) is 11.7. The maximum absolute atomic E-state index is 12.5. The minimum atomic E-state index is -0.327. The third-order valence-electron chi connectivity index (χ3n) is 4.72. The lowest BCUT2D eigenvalue weighted by molar-refractivity contribution is -0.113. The highest BCUT2D eigenvalue weighted by Gasteiger charge is 2.18. The summed E-state index contributed by atoms with van der Waals surface area (Å²) in [6.07, 6.45) is 0. The number of methoxy groups -OCH3 is 1. The maximum atomic E-state index is 12.5. The second-order valence-electron chi connectivity index (χ2n) is 6.90. The van der Waals surface area contributed by atoms with Gasteiger partial charge in [0.15, 0.2) is 28.1 Å². The van der Waals surface area contributed by atoms with Crippen molar-refractivity contribution in [2.45, 2.75) is 5.16 Å². The van der Waals surface area contributed by atoms with Gasteiger partial charge in [0.1, 0.15) is 5.75 Å². The van der Waals surface area contributed by atoms with E-state index in [0.717, 1.165) is 11.8 Å². The number of carbonyl (C=O) groups is 1. The molecule has 0 unspecified atom stereocenters. The van der Waals surface area contributed by atoms with Gasteiger partial charge in [0, 0.05) is 17.3 Å². The van der Waals surface area contributed by atoms with Gasteiger partial charge in [-0.3, -0.25) is 14.7 Å². The van der Waals surface area contributed by atoms with Gasteiger partial charge in [-0.05, 0) is 36.4 Å². The Bertz CT molecular complexity index is 1440. The van der Waals surface area contributed by atoms with Crippen molar-refractivity contribution in [3.05, 3.63) is 57.8 Å². The van der Waals surface area contributed by atoms with Gasteiger partial charge in [-0.15, -0.1) is 0 Å². The van der Waals surface area contributed by atoms with Gasteiger partial charge in [-0.1, -0.05) is 23.4 Å². The molecule has 2 N–H and O–H groups in total. The van der Waals surface area contributed by atoms with Gasteiger partial charge < -0.3 is 19.5 Å². The van der Waals surface area contributed by atoms with Crippen molar-refractivity contribution in [3.8, 4) is 28.6 Å². The Balaban J connectivity index is 1.39. The molecule has 0 fully saturated rings. The van der Waals surface area contributed by atoms with Gasteiger partial charge >= 0.3 is 0 Å². The third kappa shape index (κ3) is 4.32. The topological polar surface area (TPSA) is 120 Å². The Morgan fingerprint density at radius 2 is 2.06 bits per heavy atom. The Labute approximate surface area is 195 Å². The zero-order chi connectivity index (χ0) is 22.9. The SMILES string of the molecule is COc1ccc(NC(=O)CSc2nc(-c3ccc4c(c3)OCO4)nc3cc(=O)[nH]n23)cc1Cl. The first-order valence-electron chi connectivity index (χ1n) is 9.66. The summed E-state index contributed by atoms with van der Waals surface area (Å²) in [5.41, 5.74) is 1.28. The molecule has 0 atom stereocenters. The molecule has 168 valence electrons. The molecule has 3 heterocycles. The van der Waals surface area contributed by atoms with Crippen LogP contribution in [0.15, 0.2) is 52.4 Å². The fourth-order valence-electron chi connectivity index (χ4n) is 3.22. The lowest BCUT2D eigenvalue weighted by Crippen LogP contribution is -2.15. The van der Waals surface area contributed by atoms with Crippen LogP contribution in [0.5, 0.6) is 17.2 Å². The van der Waals surface area contributed by atoms with Gasteiger partial charge in [0.05, 0.1) is 17.9 Å². The second kappa shape index (κ2) is 8.68. The number of nitrogens with one attached hydrogen (secondary N) is 2. The molecule has 0 saturated carbocycles. The van der Waals surface area contributed by atoms with E-state index in [1.54, 1.807) is 36.4 Å². The number of fused-ring (bicyclic) bond motifs is 2. The molecule has 2 aromatic heterocycles. The molecule has 0 spiro atoms. The van der Waals surface area contributed by atoms with E-state index in [4.69, 9.17) is 25.8 Å². The summed E-state index contributed by atoms with van der Waals surface area (Å²) in [7, 11) is 1.52. The van der Waals surface area contributed by atoms with E-state index < -0.39 is 0 Å². The number of carbonyl (C=O) groups excluding carboxylic acids is 1. The van der Waals surface area contributed by atoms with Crippen LogP contribution in [0.4, 0.5) is 5.69 Å². The van der Waals surface area contributed by atoms with E-state index in [0.29, 0.717) is 50.2 Å². The van der Waals surface area contributed by atoms with E-state index in [1.807, 2.05) is 0 Å². The van der Waals surface area contributed by atoms with Crippen LogP contribution in [-0.4, -0.2) is 45.1 Å². The monoisotopic (exact) mass is 485 g/mol. The number of hydrogen-bond donors (Lipinski definition) is 2. The number of ether oxygens (including phenoxy) is 3. The highest BCUT2D eigenvalue weighted by atomic mass is 35.5. The number of H-pyrrole nitrogens is 1. The van der Waals surface area contributed by atoms with E-state index >= 15 is 0 Å². The highest BCUT2D eigenvalue weighted by Crippen LogP contribution is 2.35. The molecular formula is C21H16ClN5O5S. The quantitative estimate of drug-likeness (QED) is 0.399. The predicted molar refractivity (Wildman–Crippen MR) is 123 cm³/mol. The van der Waals surface area contributed by atoms with E-state index in [-0.39, 0.29) is 24.0 Å². The average Bonchev–Trinajstić information content (AvgIpc) is 3.42. The average molecular weight is 486 g/mol. The van der Waals surface area contributed by atoms with Crippen LogP contribution >= 0.6 is 23.4 Å². The molecular weight excluding hydrogens is 470 g/mol. The molecule has 4 aromatic rings. The van der Waals surface area contributed by atoms with Crippen LogP contribution in [0.3, 0.4) is 0 Å². The van der Waals surface area contributed by atoms with Crippen molar-refractivity contribution in [1.29, 1.82) is 0 Å². The first kappa shape index (κ1) is 21.2. The number of hydrogen-bond acceptors (Lipinski definition) is 8. The lowest BCUT2D eigenvalue weighted by atomic mass is 10.2. The number of aromatic amines is 1. The van der Waals surface area contributed by atoms with E-state index in [2.05, 4.69) is 20.4 Å². The number of benzene rings is 2. The van der Waals surface area contributed by atoms with E-state index in [9.17, 15) is 9.59 Å². The zero-order valence-corrected chi connectivity index (χ0v) is 18.7. The largest absolute Gasteiger partial charge is 0.495 e. The molecule has 2 aromatic carbocycles. The molecule has 5 rings (SSSR count). The fourth-order valence-corrected chi connectivity index (χ4v) is 4.23. The second-order valence-corrected chi connectivity index (χ2v) is 8.25. The smallest absolute Gasteiger partial charge is 0.266 e. The van der Waals surface area contributed by atoms with Gasteiger partial charge in [-0.2, -0.15) is 0 Å². The highest BCUT2D eigenvalue weighted by molar-refractivity contribution is 7.99. The summed E-state index contributed by atoms with van der Waals surface area (Å²) >= 11 is 7.27. The Morgan fingerprint density at radius 1 is 1.21 bits per heavy atom. The number of amides is 1. The summed E-state index contributed by atoms with van der Waals surface area (Å²) in [5, 5.41) is 6.21. The molecule has 1 aliphatic rings. The standard InChI is InChI=1S/C21H16ClN5O5S/c1-30-14-5-3-12(7-13(14)22)23-19(29)9-33-21-25-20(24-17-8-18(28)26-27(17)21)11-2-4-15-16(6-11)32-10-31-15/h2-8H,9-10H2,1H3,(H,23,29)(H,26,28). The first-order chi connectivity index (χ1) is 16.0. The van der Waals surface area contributed by atoms with Crippen LogP contribution in [-0.2, 0) is 4.79 Å². The summed E-state index contributed by atoms with van der Waals surface area (Å²) < 4.78 is 17.3. The molecule has 33 heavy (non-hydrogen) atoms. The summed E-state index contributed by atoms with van der Waals surface area (Å²) in [4.78, 5) is 33.4. The van der Waals surface area contributed by atoms with Crippen molar-refractivity contribution in [2.75, 3.05) is 25.0 Å².